The van der Waals surface area contributed by atoms with Crippen molar-refractivity contribution in [2.24, 2.45) is 5.92 Å². The Labute approximate surface area is 117 Å². The summed E-state index contributed by atoms with van der Waals surface area (Å²) in [6, 6.07) is 3.83. The number of hydrogen-bond donors (Lipinski definition) is 1. The number of likely N-dealkylation sites (N-methyl/N-ethyl adjacent to an activating group) is 1. The van der Waals surface area contributed by atoms with Crippen molar-refractivity contribution in [3.8, 4) is 0 Å². The van der Waals surface area contributed by atoms with E-state index in [-0.39, 0.29) is 0 Å². The highest BCUT2D eigenvalue weighted by atomic mass is 16.3. The van der Waals surface area contributed by atoms with Gasteiger partial charge in [0.25, 0.3) is 0 Å². The molecule has 1 N–H and O–H groups in total. The Bertz CT molecular complexity index is 377. The van der Waals surface area contributed by atoms with E-state index in [0.29, 0.717) is 5.92 Å². The number of aliphatic hydroxyl groups is 1. The Balaban J connectivity index is 2.95. The summed E-state index contributed by atoms with van der Waals surface area (Å²) in [7, 11) is 4.14. The Morgan fingerprint density at radius 2 is 1.89 bits per heavy atom. The lowest BCUT2D eigenvalue weighted by atomic mass is 10.1. The Morgan fingerprint density at radius 3 is 2.42 bits per heavy atom. The molecule has 0 fully saturated rings. The van der Waals surface area contributed by atoms with Crippen molar-refractivity contribution in [1.29, 1.82) is 0 Å². The van der Waals surface area contributed by atoms with Gasteiger partial charge in [0.05, 0.1) is 6.10 Å². The molecule has 108 valence electrons. The molecule has 0 bridgehead atoms. The van der Waals surface area contributed by atoms with E-state index in [1.165, 1.54) is 0 Å². The molecule has 0 saturated carbocycles. The lowest BCUT2D eigenvalue weighted by Crippen LogP contribution is -2.35. The van der Waals surface area contributed by atoms with E-state index in [4.69, 9.17) is 0 Å². The summed E-state index contributed by atoms with van der Waals surface area (Å²) in [4.78, 5) is 8.91. The van der Waals surface area contributed by atoms with Crippen molar-refractivity contribution in [3.63, 3.8) is 0 Å². The molecule has 4 heteroatoms. The maximum absolute atomic E-state index is 9.89. The molecule has 19 heavy (non-hydrogen) atoms. The monoisotopic (exact) mass is 265 g/mol. The van der Waals surface area contributed by atoms with E-state index in [9.17, 15) is 5.11 Å². The minimum atomic E-state index is -0.488. The minimum absolute atomic E-state index is 0.488. The molecular weight excluding hydrogens is 238 g/mol. The number of hydrogen-bond acceptors (Lipinski definition) is 4. The molecule has 1 rings (SSSR count). The summed E-state index contributed by atoms with van der Waals surface area (Å²) < 4.78 is 0. The van der Waals surface area contributed by atoms with Gasteiger partial charge in [0, 0.05) is 31.4 Å². The van der Waals surface area contributed by atoms with E-state index in [1.54, 1.807) is 13.1 Å². The van der Waals surface area contributed by atoms with Gasteiger partial charge in [-0.2, -0.15) is 0 Å². The first-order valence-electron chi connectivity index (χ1n) is 6.94. The lowest BCUT2D eigenvalue weighted by Gasteiger charge is -2.29. The maximum Gasteiger partial charge on any atom is 0.134 e. The third-order valence-electron chi connectivity index (χ3n) is 2.97. The van der Waals surface area contributed by atoms with Gasteiger partial charge < -0.3 is 14.9 Å². The van der Waals surface area contributed by atoms with Gasteiger partial charge in [-0.05, 0) is 33.0 Å². The fourth-order valence-electron chi connectivity index (χ4n) is 2.04. The fraction of sp³-hybridized carbons (Fsp3) is 0.667. The molecule has 0 amide bonds. The minimum Gasteiger partial charge on any atom is -0.389 e. The average molecular weight is 265 g/mol. The predicted molar refractivity (Wildman–Crippen MR) is 80.5 cm³/mol. The third kappa shape index (κ3) is 5.17. The summed E-state index contributed by atoms with van der Waals surface area (Å²) in [6.07, 6.45) is 1.31. The van der Waals surface area contributed by atoms with Gasteiger partial charge in [0.1, 0.15) is 5.82 Å². The molecule has 0 aliphatic carbocycles. The highest BCUT2D eigenvalue weighted by molar-refractivity contribution is 5.47. The van der Waals surface area contributed by atoms with Crippen LogP contribution in [0.15, 0.2) is 18.3 Å². The smallest absolute Gasteiger partial charge is 0.134 e. The molecule has 1 atom stereocenters. The van der Waals surface area contributed by atoms with Crippen LogP contribution in [-0.4, -0.2) is 48.7 Å². The molecule has 1 aromatic heterocycles. The van der Waals surface area contributed by atoms with Crippen molar-refractivity contribution in [3.05, 3.63) is 23.9 Å². The van der Waals surface area contributed by atoms with Crippen molar-refractivity contribution in [2.75, 3.05) is 38.6 Å². The van der Waals surface area contributed by atoms with Crippen molar-refractivity contribution in [2.45, 2.75) is 26.9 Å². The van der Waals surface area contributed by atoms with Crippen molar-refractivity contribution in [1.82, 2.24) is 9.88 Å². The molecule has 0 aromatic carbocycles. The van der Waals surface area contributed by atoms with Crippen molar-refractivity contribution >= 4 is 5.82 Å². The highest BCUT2D eigenvalue weighted by Gasteiger charge is 2.16. The highest BCUT2D eigenvalue weighted by Crippen LogP contribution is 2.24. The average Bonchev–Trinajstić information content (AvgIpc) is 2.33. The standard InChI is InChI=1S/C15H27N3O/c1-12(2)11-18(10-9-17(4)5)15-14(13(3)19)7-6-8-16-15/h6-8,12-13,19H,9-11H2,1-5H3/t13-/m0/s1. The third-order valence-corrected chi connectivity index (χ3v) is 2.97. The second kappa shape index (κ2) is 7.46. The zero-order valence-electron chi connectivity index (χ0n) is 12.8. The van der Waals surface area contributed by atoms with Crippen molar-refractivity contribution < 1.29 is 5.11 Å². The molecule has 1 aromatic rings. The summed E-state index contributed by atoms with van der Waals surface area (Å²) in [5, 5.41) is 9.89. The van der Waals surface area contributed by atoms with Gasteiger partial charge >= 0.3 is 0 Å². The Morgan fingerprint density at radius 1 is 1.21 bits per heavy atom. The van der Waals surface area contributed by atoms with Crippen LogP contribution in [0.25, 0.3) is 0 Å². The first kappa shape index (κ1) is 15.9. The number of nitrogens with zero attached hydrogens (tertiary/aromatic N) is 3. The van der Waals surface area contributed by atoms with Crippen LogP contribution in [0, 0.1) is 5.92 Å². The van der Waals surface area contributed by atoms with E-state index >= 15 is 0 Å². The van der Waals surface area contributed by atoms with Gasteiger partial charge in [-0.15, -0.1) is 0 Å². The first-order chi connectivity index (χ1) is 8.91. The summed E-state index contributed by atoms with van der Waals surface area (Å²) in [5.74, 6) is 1.47. The largest absolute Gasteiger partial charge is 0.389 e. The topological polar surface area (TPSA) is 39.6 Å². The molecule has 0 aliphatic rings. The maximum atomic E-state index is 9.89. The predicted octanol–water partition coefficient (Wildman–Crippen LogP) is 2.16. The molecule has 0 spiro atoms. The molecular formula is C15H27N3O. The van der Waals surface area contributed by atoms with E-state index in [2.05, 4.69) is 42.7 Å². The first-order valence-corrected chi connectivity index (χ1v) is 6.94. The quantitative estimate of drug-likeness (QED) is 0.820. The zero-order chi connectivity index (χ0) is 14.4. The van der Waals surface area contributed by atoms with E-state index < -0.39 is 6.10 Å². The van der Waals surface area contributed by atoms with Crippen LogP contribution in [0.1, 0.15) is 32.4 Å². The van der Waals surface area contributed by atoms with Gasteiger partial charge in [-0.1, -0.05) is 19.9 Å². The van der Waals surface area contributed by atoms with Gasteiger partial charge in [-0.3, -0.25) is 0 Å². The Kier molecular flexibility index (Phi) is 6.25. The van der Waals surface area contributed by atoms with Gasteiger partial charge in [0.2, 0.25) is 0 Å². The van der Waals surface area contributed by atoms with Gasteiger partial charge in [-0.25, -0.2) is 4.98 Å². The number of rotatable bonds is 7. The molecule has 0 unspecified atom stereocenters. The van der Waals surface area contributed by atoms with Crippen LogP contribution in [0.5, 0.6) is 0 Å². The number of pyridine rings is 1. The summed E-state index contributed by atoms with van der Waals surface area (Å²) in [6.45, 7) is 9.04. The number of anilines is 1. The SMILES string of the molecule is CC(C)CN(CCN(C)C)c1ncccc1[C@H](C)O. The lowest BCUT2D eigenvalue weighted by molar-refractivity contribution is 0.199. The normalized spacial score (nSPS) is 13.1. The van der Waals surface area contributed by atoms with Gasteiger partial charge in [0.15, 0.2) is 0 Å². The molecule has 0 aliphatic heterocycles. The van der Waals surface area contributed by atoms with Crippen LogP contribution >= 0.6 is 0 Å². The molecule has 0 radical (unpaired) electrons. The van der Waals surface area contributed by atoms with Crippen LogP contribution in [0.2, 0.25) is 0 Å². The second-order valence-corrected chi connectivity index (χ2v) is 5.74. The van der Waals surface area contributed by atoms with E-state index in [0.717, 1.165) is 31.0 Å². The summed E-state index contributed by atoms with van der Waals surface area (Å²) in [5.41, 5.74) is 0.905. The van der Waals surface area contributed by atoms with E-state index in [1.807, 2.05) is 12.1 Å². The van der Waals surface area contributed by atoms with Crippen LogP contribution in [0.3, 0.4) is 0 Å². The van der Waals surface area contributed by atoms with Crippen LogP contribution in [0.4, 0.5) is 5.82 Å². The zero-order valence-corrected chi connectivity index (χ0v) is 12.8. The molecule has 4 nitrogen and oxygen atoms in total. The second-order valence-electron chi connectivity index (χ2n) is 5.74. The number of aliphatic hydroxyl groups excluding tert-OH is 1. The molecule has 0 saturated heterocycles. The fourth-order valence-corrected chi connectivity index (χ4v) is 2.04. The van der Waals surface area contributed by atoms with Crippen LogP contribution in [-0.2, 0) is 0 Å². The Hall–Kier alpha value is -1.13. The van der Waals surface area contributed by atoms with Crippen LogP contribution < -0.4 is 4.90 Å². The molecule has 1 heterocycles. The number of aromatic nitrogens is 1. The summed E-state index contributed by atoms with van der Waals surface area (Å²) >= 11 is 0.